The Kier molecular flexibility index (Phi) is 3.64. The molecule has 90 valence electrons. The van der Waals surface area contributed by atoms with Crippen LogP contribution in [-0.4, -0.2) is 16.1 Å². The van der Waals surface area contributed by atoms with Gasteiger partial charge in [-0.1, -0.05) is 15.9 Å². The van der Waals surface area contributed by atoms with Gasteiger partial charge in [0, 0.05) is 28.5 Å². The lowest BCUT2D eigenvalue weighted by atomic mass is 10.1. The topological polar surface area (TPSA) is 43.8 Å². The number of nitrogens with zero attached hydrogens (tertiary/aromatic N) is 2. The first-order valence-electron chi connectivity index (χ1n) is 5.62. The van der Waals surface area contributed by atoms with Gasteiger partial charge in [-0.15, -0.1) is 0 Å². The number of benzene rings is 1. The molecule has 0 radical (unpaired) electrons. The van der Waals surface area contributed by atoms with E-state index in [1.54, 1.807) is 0 Å². The Morgan fingerprint density at radius 3 is 2.53 bits per heavy atom. The number of aryl methyl sites for hydroxylation is 2. The molecule has 2 N–H and O–H groups in total. The van der Waals surface area contributed by atoms with Crippen LogP contribution < -0.4 is 5.73 Å². The molecule has 2 rings (SSSR count). The predicted octanol–water partition coefficient (Wildman–Crippen LogP) is 2.75. The lowest BCUT2D eigenvalue weighted by Crippen LogP contribution is -2.07. The lowest BCUT2D eigenvalue weighted by molar-refractivity contribution is 0.872. The van der Waals surface area contributed by atoms with Gasteiger partial charge in [0.15, 0.2) is 0 Å². The Morgan fingerprint density at radius 2 is 1.94 bits per heavy atom. The van der Waals surface area contributed by atoms with Gasteiger partial charge in [-0.3, -0.25) is 0 Å². The van der Waals surface area contributed by atoms with E-state index >= 15 is 0 Å². The zero-order chi connectivity index (χ0) is 12.4. The summed E-state index contributed by atoms with van der Waals surface area (Å²) < 4.78 is 3.26. The normalized spacial score (nSPS) is 10.8. The van der Waals surface area contributed by atoms with Gasteiger partial charge < -0.3 is 10.3 Å². The Hall–Kier alpha value is -1.13. The number of hydrogen-bond acceptors (Lipinski definition) is 2. The number of imidazole rings is 1. The standard InChI is InChI=1S/C13H16BrN3/c1-9-5-12(6-10(2)13(9)14)17-8-16-7-11(17)3-4-15/h5-8H,3-4,15H2,1-2H3. The smallest absolute Gasteiger partial charge is 0.0994 e. The third-order valence-electron chi connectivity index (χ3n) is 2.81. The monoisotopic (exact) mass is 293 g/mol. The van der Waals surface area contributed by atoms with Crippen LogP contribution in [0.4, 0.5) is 0 Å². The zero-order valence-electron chi connectivity index (χ0n) is 10.1. The van der Waals surface area contributed by atoms with Gasteiger partial charge in [0.25, 0.3) is 0 Å². The molecule has 2 aromatic rings. The second-order valence-electron chi connectivity index (χ2n) is 4.19. The predicted molar refractivity (Wildman–Crippen MR) is 73.5 cm³/mol. The van der Waals surface area contributed by atoms with E-state index in [4.69, 9.17) is 5.73 Å². The van der Waals surface area contributed by atoms with E-state index in [0.717, 1.165) is 17.8 Å². The van der Waals surface area contributed by atoms with Crippen molar-refractivity contribution in [2.45, 2.75) is 20.3 Å². The van der Waals surface area contributed by atoms with E-state index < -0.39 is 0 Å². The fourth-order valence-electron chi connectivity index (χ4n) is 1.95. The molecular weight excluding hydrogens is 278 g/mol. The van der Waals surface area contributed by atoms with E-state index in [-0.39, 0.29) is 0 Å². The van der Waals surface area contributed by atoms with Crippen LogP contribution in [0.15, 0.2) is 29.1 Å². The largest absolute Gasteiger partial charge is 0.330 e. The fraction of sp³-hybridized carbons (Fsp3) is 0.308. The van der Waals surface area contributed by atoms with Gasteiger partial charge in [0.1, 0.15) is 0 Å². The average molecular weight is 294 g/mol. The molecular formula is C13H16BrN3. The lowest BCUT2D eigenvalue weighted by Gasteiger charge is -2.11. The van der Waals surface area contributed by atoms with Gasteiger partial charge in [-0.25, -0.2) is 4.98 Å². The highest BCUT2D eigenvalue weighted by molar-refractivity contribution is 9.10. The highest BCUT2D eigenvalue weighted by Gasteiger charge is 2.07. The Morgan fingerprint density at radius 1 is 1.29 bits per heavy atom. The van der Waals surface area contributed by atoms with Crippen molar-refractivity contribution >= 4 is 15.9 Å². The SMILES string of the molecule is Cc1cc(-n2cncc2CCN)cc(C)c1Br. The van der Waals surface area contributed by atoms with Crippen molar-refractivity contribution < 1.29 is 0 Å². The minimum Gasteiger partial charge on any atom is -0.330 e. The molecule has 4 heteroatoms. The summed E-state index contributed by atoms with van der Waals surface area (Å²) in [7, 11) is 0. The van der Waals surface area contributed by atoms with Crippen molar-refractivity contribution in [3.8, 4) is 5.69 Å². The summed E-state index contributed by atoms with van der Waals surface area (Å²) in [4.78, 5) is 4.19. The van der Waals surface area contributed by atoms with Gasteiger partial charge in [0.05, 0.1) is 6.33 Å². The summed E-state index contributed by atoms with van der Waals surface area (Å²) in [5, 5.41) is 0. The number of aromatic nitrogens is 2. The van der Waals surface area contributed by atoms with E-state index in [9.17, 15) is 0 Å². The highest BCUT2D eigenvalue weighted by Crippen LogP contribution is 2.25. The first-order chi connectivity index (χ1) is 8.13. The minimum atomic E-state index is 0.639. The molecule has 0 aliphatic heterocycles. The second-order valence-corrected chi connectivity index (χ2v) is 4.98. The van der Waals surface area contributed by atoms with Crippen LogP contribution in [0, 0.1) is 13.8 Å². The summed E-state index contributed by atoms with van der Waals surface area (Å²) in [6, 6.07) is 4.30. The van der Waals surface area contributed by atoms with Crippen LogP contribution >= 0.6 is 15.9 Å². The summed E-state index contributed by atoms with van der Waals surface area (Å²) >= 11 is 3.58. The minimum absolute atomic E-state index is 0.639. The van der Waals surface area contributed by atoms with Gasteiger partial charge in [0.2, 0.25) is 0 Å². The molecule has 0 fully saturated rings. The van der Waals surface area contributed by atoms with Crippen LogP contribution in [-0.2, 0) is 6.42 Å². The number of halogens is 1. The van der Waals surface area contributed by atoms with Crippen LogP contribution in [0.25, 0.3) is 5.69 Å². The Bertz CT molecular complexity index is 508. The third kappa shape index (κ3) is 2.42. The van der Waals surface area contributed by atoms with Gasteiger partial charge >= 0.3 is 0 Å². The average Bonchev–Trinajstić information content (AvgIpc) is 2.74. The number of nitrogens with two attached hydrogens (primary N) is 1. The van der Waals surface area contributed by atoms with Crippen molar-refractivity contribution in [3.05, 3.63) is 46.0 Å². The van der Waals surface area contributed by atoms with Crippen molar-refractivity contribution in [1.29, 1.82) is 0 Å². The van der Waals surface area contributed by atoms with Crippen molar-refractivity contribution in [2.24, 2.45) is 5.73 Å². The fourth-order valence-corrected chi connectivity index (χ4v) is 2.18. The summed E-state index contributed by atoms with van der Waals surface area (Å²) in [6.45, 7) is 4.83. The highest BCUT2D eigenvalue weighted by atomic mass is 79.9. The number of rotatable bonds is 3. The molecule has 0 amide bonds. The molecule has 0 bridgehead atoms. The zero-order valence-corrected chi connectivity index (χ0v) is 11.7. The second kappa shape index (κ2) is 5.02. The molecule has 0 atom stereocenters. The maximum Gasteiger partial charge on any atom is 0.0994 e. The molecule has 0 aliphatic rings. The molecule has 0 saturated heterocycles. The Labute approximate surface area is 110 Å². The molecule has 0 spiro atoms. The molecule has 0 aliphatic carbocycles. The van der Waals surface area contributed by atoms with Crippen LogP contribution in [0.5, 0.6) is 0 Å². The van der Waals surface area contributed by atoms with E-state index in [2.05, 4.69) is 51.5 Å². The summed E-state index contributed by atoms with van der Waals surface area (Å²) in [5.41, 5.74) is 10.3. The van der Waals surface area contributed by atoms with Crippen LogP contribution in [0.3, 0.4) is 0 Å². The van der Waals surface area contributed by atoms with Gasteiger partial charge in [-0.2, -0.15) is 0 Å². The van der Waals surface area contributed by atoms with E-state index in [1.807, 2.05) is 12.5 Å². The first kappa shape index (κ1) is 12.3. The van der Waals surface area contributed by atoms with Crippen molar-refractivity contribution in [2.75, 3.05) is 6.54 Å². The van der Waals surface area contributed by atoms with Crippen molar-refractivity contribution in [3.63, 3.8) is 0 Å². The first-order valence-corrected chi connectivity index (χ1v) is 6.41. The quantitative estimate of drug-likeness (QED) is 0.946. The molecule has 1 heterocycles. The molecule has 3 nitrogen and oxygen atoms in total. The van der Waals surface area contributed by atoms with Crippen molar-refractivity contribution in [1.82, 2.24) is 9.55 Å². The summed E-state index contributed by atoms with van der Waals surface area (Å²) in [5.74, 6) is 0. The third-order valence-corrected chi connectivity index (χ3v) is 4.07. The van der Waals surface area contributed by atoms with Crippen LogP contribution in [0.1, 0.15) is 16.8 Å². The molecule has 0 saturated carbocycles. The Balaban J connectivity index is 2.49. The molecule has 1 aromatic carbocycles. The molecule has 1 aromatic heterocycles. The van der Waals surface area contributed by atoms with Gasteiger partial charge in [-0.05, 0) is 43.7 Å². The molecule has 17 heavy (non-hydrogen) atoms. The molecule has 0 unspecified atom stereocenters. The van der Waals surface area contributed by atoms with Crippen LogP contribution in [0.2, 0.25) is 0 Å². The maximum absolute atomic E-state index is 5.60. The number of hydrogen-bond donors (Lipinski definition) is 1. The van der Waals surface area contributed by atoms with E-state index in [0.29, 0.717) is 6.54 Å². The maximum atomic E-state index is 5.60. The summed E-state index contributed by atoms with van der Waals surface area (Å²) in [6.07, 6.45) is 4.56. The van der Waals surface area contributed by atoms with E-state index in [1.165, 1.54) is 15.6 Å².